The van der Waals surface area contributed by atoms with Gasteiger partial charge in [0.05, 0.1) is 11.8 Å². The summed E-state index contributed by atoms with van der Waals surface area (Å²) in [6, 6.07) is 4.36. The Kier molecular flexibility index (Phi) is 4.18. The van der Waals surface area contributed by atoms with Crippen LogP contribution in [0, 0.1) is 17.2 Å². The molecule has 2 atom stereocenters. The van der Waals surface area contributed by atoms with E-state index in [1.807, 2.05) is 25.5 Å². The second kappa shape index (κ2) is 6.49. The summed E-state index contributed by atoms with van der Waals surface area (Å²) in [4.78, 5) is 7.04. The summed E-state index contributed by atoms with van der Waals surface area (Å²) >= 11 is 0. The second-order valence-electron chi connectivity index (χ2n) is 7.19. The van der Waals surface area contributed by atoms with Crippen LogP contribution in [-0.2, 0) is 19.9 Å². The smallest absolute Gasteiger partial charge is 0.146 e. The SMILES string of the molecule is Cn1cc([C@@H]2CN(c3nc4c(cc3C#N)CCCC4)C[C@H]2CO)cn1. The van der Waals surface area contributed by atoms with Crippen molar-refractivity contribution in [2.75, 3.05) is 24.6 Å². The third kappa shape index (κ3) is 2.89. The van der Waals surface area contributed by atoms with Crippen LogP contribution in [0.15, 0.2) is 18.5 Å². The zero-order valence-electron chi connectivity index (χ0n) is 14.5. The van der Waals surface area contributed by atoms with Gasteiger partial charge in [0, 0.05) is 50.5 Å². The molecule has 1 aliphatic heterocycles. The van der Waals surface area contributed by atoms with Crippen LogP contribution in [0.3, 0.4) is 0 Å². The molecule has 1 N–H and O–H groups in total. The van der Waals surface area contributed by atoms with Crippen molar-refractivity contribution in [2.24, 2.45) is 13.0 Å². The maximum atomic E-state index is 9.85. The van der Waals surface area contributed by atoms with Crippen LogP contribution in [0.5, 0.6) is 0 Å². The molecule has 1 saturated heterocycles. The van der Waals surface area contributed by atoms with Gasteiger partial charge in [0.15, 0.2) is 0 Å². The lowest BCUT2D eigenvalue weighted by molar-refractivity contribution is 0.227. The maximum absolute atomic E-state index is 9.85. The fraction of sp³-hybridized carbons (Fsp3) is 0.526. The molecule has 25 heavy (non-hydrogen) atoms. The van der Waals surface area contributed by atoms with Crippen LogP contribution in [0.2, 0.25) is 0 Å². The van der Waals surface area contributed by atoms with Crippen molar-refractivity contribution >= 4 is 5.82 Å². The fourth-order valence-corrected chi connectivity index (χ4v) is 4.18. The first-order valence-electron chi connectivity index (χ1n) is 8.97. The first kappa shape index (κ1) is 16.1. The van der Waals surface area contributed by atoms with Crippen LogP contribution in [0.1, 0.15) is 41.1 Å². The summed E-state index contributed by atoms with van der Waals surface area (Å²) in [5, 5.41) is 23.7. The highest BCUT2D eigenvalue weighted by Gasteiger charge is 2.36. The van der Waals surface area contributed by atoms with Gasteiger partial charge in [-0.1, -0.05) is 0 Å². The van der Waals surface area contributed by atoms with Crippen LogP contribution < -0.4 is 4.90 Å². The molecule has 0 bridgehead atoms. The van der Waals surface area contributed by atoms with Crippen LogP contribution >= 0.6 is 0 Å². The van der Waals surface area contributed by atoms with E-state index < -0.39 is 0 Å². The van der Waals surface area contributed by atoms with E-state index in [1.165, 1.54) is 18.4 Å². The van der Waals surface area contributed by atoms with Gasteiger partial charge in [-0.25, -0.2) is 4.98 Å². The summed E-state index contributed by atoms with van der Waals surface area (Å²) in [6.07, 6.45) is 8.26. The van der Waals surface area contributed by atoms with Gasteiger partial charge in [0.25, 0.3) is 0 Å². The van der Waals surface area contributed by atoms with E-state index in [2.05, 4.69) is 16.1 Å². The number of fused-ring (bicyclic) bond motifs is 1. The number of hydrogen-bond acceptors (Lipinski definition) is 5. The Labute approximate surface area is 147 Å². The first-order valence-corrected chi connectivity index (χ1v) is 8.97. The number of anilines is 1. The minimum absolute atomic E-state index is 0.128. The third-order valence-electron chi connectivity index (χ3n) is 5.53. The van der Waals surface area contributed by atoms with Crippen molar-refractivity contribution in [3.63, 3.8) is 0 Å². The minimum atomic E-state index is 0.128. The van der Waals surface area contributed by atoms with E-state index in [0.717, 1.165) is 43.0 Å². The van der Waals surface area contributed by atoms with Gasteiger partial charge >= 0.3 is 0 Å². The van der Waals surface area contributed by atoms with Crippen LogP contribution in [0.4, 0.5) is 5.82 Å². The molecule has 0 radical (unpaired) electrons. The standard InChI is InChI=1S/C19H23N5O/c1-23-9-15(8-21-23)17-11-24(10-16(17)12-25)19-14(7-20)6-13-4-2-3-5-18(13)22-19/h6,8-9,16-17,25H,2-5,10-12H2,1H3/t16-,17-/m0/s1. The van der Waals surface area contributed by atoms with Crippen molar-refractivity contribution in [2.45, 2.75) is 31.6 Å². The molecule has 4 rings (SSSR count). The van der Waals surface area contributed by atoms with Crippen molar-refractivity contribution < 1.29 is 5.11 Å². The highest BCUT2D eigenvalue weighted by atomic mass is 16.3. The second-order valence-corrected chi connectivity index (χ2v) is 7.19. The molecule has 6 nitrogen and oxygen atoms in total. The Balaban J connectivity index is 1.67. The average Bonchev–Trinajstić information content (AvgIpc) is 3.26. The van der Waals surface area contributed by atoms with Crippen molar-refractivity contribution in [3.8, 4) is 6.07 Å². The van der Waals surface area contributed by atoms with Crippen LogP contribution in [0.25, 0.3) is 0 Å². The van der Waals surface area contributed by atoms with E-state index in [4.69, 9.17) is 4.98 Å². The molecule has 3 heterocycles. The number of aryl methyl sites for hydroxylation is 3. The number of aliphatic hydroxyl groups excluding tert-OH is 1. The number of aromatic nitrogens is 3. The van der Waals surface area contributed by atoms with Gasteiger partial charge in [0.1, 0.15) is 11.9 Å². The summed E-state index contributed by atoms with van der Waals surface area (Å²) in [7, 11) is 1.91. The minimum Gasteiger partial charge on any atom is -0.396 e. The molecule has 2 aromatic heterocycles. The molecule has 130 valence electrons. The normalized spacial score (nSPS) is 22.7. The lowest BCUT2D eigenvalue weighted by Gasteiger charge is -2.23. The molecule has 0 saturated carbocycles. The molecule has 0 amide bonds. The summed E-state index contributed by atoms with van der Waals surface area (Å²) in [5.41, 5.74) is 4.17. The monoisotopic (exact) mass is 337 g/mol. The Morgan fingerprint density at radius 2 is 2.16 bits per heavy atom. The zero-order valence-corrected chi connectivity index (χ0v) is 14.5. The highest BCUT2D eigenvalue weighted by molar-refractivity contribution is 5.57. The molecular formula is C19H23N5O. The summed E-state index contributed by atoms with van der Waals surface area (Å²) in [5.74, 6) is 1.13. The van der Waals surface area contributed by atoms with E-state index >= 15 is 0 Å². The number of nitriles is 1. The van der Waals surface area contributed by atoms with Gasteiger partial charge in [-0.3, -0.25) is 4.68 Å². The Bertz CT molecular complexity index is 822. The molecule has 2 aliphatic rings. The largest absolute Gasteiger partial charge is 0.396 e. The summed E-state index contributed by atoms with van der Waals surface area (Å²) < 4.78 is 1.80. The lowest BCUT2D eigenvalue weighted by atomic mass is 9.92. The molecular weight excluding hydrogens is 314 g/mol. The fourth-order valence-electron chi connectivity index (χ4n) is 4.18. The van der Waals surface area contributed by atoms with E-state index in [0.29, 0.717) is 5.56 Å². The predicted molar refractivity (Wildman–Crippen MR) is 94.3 cm³/mol. The lowest BCUT2D eigenvalue weighted by Crippen LogP contribution is -2.24. The van der Waals surface area contributed by atoms with Gasteiger partial charge in [0.2, 0.25) is 0 Å². The van der Waals surface area contributed by atoms with Crippen molar-refractivity contribution in [1.82, 2.24) is 14.8 Å². The average molecular weight is 337 g/mol. The van der Waals surface area contributed by atoms with Crippen LogP contribution in [-0.4, -0.2) is 39.6 Å². The van der Waals surface area contributed by atoms with Crippen molar-refractivity contribution in [1.29, 1.82) is 5.26 Å². The Hall–Kier alpha value is -2.39. The Morgan fingerprint density at radius 3 is 2.88 bits per heavy atom. The zero-order chi connectivity index (χ0) is 17.4. The quantitative estimate of drug-likeness (QED) is 0.924. The predicted octanol–water partition coefficient (Wildman–Crippen LogP) is 1.78. The molecule has 0 aromatic carbocycles. The van der Waals surface area contributed by atoms with Gasteiger partial charge in [-0.15, -0.1) is 0 Å². The molecule has 2 aromatic rings. The van der Waals surface area contributed by atoms with E-state index in [1.54, 1.807) is 4.68 Å². The maximum Gasteiger partial charge on any atom is 0.146 e. The molecule has 1 fully saturated rings. The van der Waals surface area contributed by atoms with Gasteiger partial charge < -0.3 is 10.0 Å². The summed E-state index contributed by atoms with van der Waals surface area (Å²) in [6.45, 7) is 1.61. The number of rotatable bonds is 3. The van der Waals surface area contributed by atoms with E-state index in [9.17, 15) is 10.4 Å². The highest BCUT2D eigenvalue weighted by Crippen LogP contribution is 2.36. The molecule has 0 spiro atoms. The topological polar surface area (TPSA) is 78.0 Å². The molecule has 0 unspecified atom stereocenters. The molecule has 1 aliphatic carbocycles. The Morgan fingerprint density at radius 1 is 1.32 bits per heavy atom. The number of pyridine rings is 1. The third-order valence-corrected chi connectivity index (χ3v) is 5.53. The van der Waals surface area contributed by atoms with E-state index in [-0.39, 0.29) is 18.4 Å². The first-order chi connectivity index (χ1) is 12.2. The molecule has 6 heteroatoms. The van der Waals surface area contributed by atoms with Gasteiger partial charge in [-0.05, 0) is 42.9 Å². The number of nitrogens with zero attached hydrogens (tertiary/aromatic N) is 5. The number of aliphatic hydroxyl groups is 1. The van der Waals surface area contributed by atoms with Gasteiger partial charge in [-0.2, -0.15) is 10.4 Å². The number of hydrogen-bond donors (Lipinski definition) is 1. The van der Waals surface area contributed by atoms with Crippen molar-refractivity contribution in [3.05, 3.63) is 40.8 Å².